The van der Waals surface area contributed by atoms with Crippen molar-refractivity contribution in [1.82, 2.24) is 0 Å². The van der Waals surface area contributed by atoms with E-state index in [4.69, 9.17) is 0 Å². The van der Waals surface area contributed by atoms with Crippen LogP contribution in [-0.4, -0.2) is 12.1 Å². The average Bonchev–Trinajstić information content (AvgIpc) is 2.87. The molecule has 2 bridgehead atoms. The molecular formula is C15H19N. The summed E-state index contributed by atoms with van der Waals surface area (Å²) in [6.45, 7) is 2.43. The van der Waals surface area contributed by atoms with Gasteiger partial charge < -0.3 is 4.90 Å². The van der Waals surface area contributed by atoms with Crippen LogP contribution in [0.15, 0.2) is 30.3 Å². The van der Waals surface area contributed by atoms with E-state index in [2.05, 4.69) is 42.2 Å². The number of fused-ring (bicyclic) bond motifs is 5. The number of nitrogens with zero attached hydrogens (tertiary/aromatic N) is 1. The third kappa shape index (κ3) is 0.971. The molecule has 0 radical (unpaired) electrons. The van der Waals surface area contributed by atoms with Crippen molar-refractivity contribution in [3.63, 3.8) is 0 Å². The molecule has 2 aliphatic carbocycles. The van der Waals surface area contributed by atoms with Crippen LogP contribution in [0.1, 0.15) is 26.2 Å². The van der Waals surface area contributed by atoms with Crippen molar-refractivity contribution in [3.05, 3.63) is 30.3 Å². The first kappa shape index (κ1) is 9.09. The summed E-state index contributed by atoms with van der Waals surface area (Å²) >= 11 is 0. The van der Waals surface area contributed by atoms with E-state index in [1.165, 1.54) is 24.9 Å². The molecule has 1 heteroatoms. The third-order valence-corrected chi connectivity index (χ3v) is 5.31. The number of para-hydroxylation sites is 1. The molecule has 1 saturated heterocycles. The fourth-order valence-corrected chi connectivity index (χ4v) is 4.76. The van der Waals surface area contributed by atoms with Gasteiger partial charge >= 0.3 is 0 Å². The van der Waals surface area contributed by atoms with Gasteiger partial charge in [-0.05, 0) is 50.2 Å². The first-order chi connectivity index (χ1) is 7.86. The van der Waals surface area contributed by atoms with Crippen molar-refractivity contribution < 1.29 is 0 Å². The van der Waals surface area contributed by atoms with Gasteiger partial charge in [-0.25, -0.2) is 0 Å². The second-order valence-electron chi connectivity index (χ2n) is 5.88. The zero-order valence-corrected chi connectivity index (χ0v) is 9.84. The molecule has 1 aliphatic heterocycles. The van der Waals surface area contributed by atoms with Crippen LogP contribution in [0.4, 0.5) is 5.69 Å². The SMILES string of the molecule is C[C@H]1[C@@H]2[C@H]3CC[C@H](C3)[C@@H]2N1c1ccccc1. The van der Waals surface area contributed by atoms with Gasteiger partial charge in [0.05, 0.1) is 0 Å². The van der Waals surface area contributed by atoms with Crippen LogP contribution in [0.3, 0.4) is 0 Å². The summed E-state index contributed by atoms with van der Waals surface area (Å²) in [7, 11) is 0. The van der Waals surface area contributed by atoms with Crippen LogP contribution in [-0.2, 0) is 0 Å². The Morgan fingerprint density at radius 2 is 1.81 bits per heavy atom. The highest BCUT2D eigenvalue weighted by molar-refractivity contribution is 5.53. The highest BCUT2D eigenvalue weighted by atomic mass is 15.3. The van der Waals surface area contributed by atoms with Gasteiger partial charge in [-0.1, -0.05) is 18.2 Å². The minimum absolute atomic E-state index is 0.780. The third-order valence-electron chi connectivity index (χ3n) is 5.31. The molecule has 3 aliphatic rings. The standard InChI is InChI=1S/C15H19N/c1-10-14-11-7-8-12(9-11)15(14)16(10)13-5-3-2-4-6-13/h2-6,10-12,14-15H,7-9H2,1H3/t10-,11-,12+,14+,15-/m0/s1. The van der Waals surface area contributed by atoms with Crippen molar-refractivity contribution in [2.75, 3.05) is 4.90 Å². The first-order valence-corrected chi connectivity index (χ1v) is 6.69. The lowest BCUT2D eigenvalue weighted by Gasteiger charge is -2.57. The van der Waals surface area contributed by atoms with E-state index in [1.807, 2.05) is 0 Å². The fourth-order valence-electron chi connectivity index (χ4n) is 4.76. The lowest BCUT2D eigenvalue weighted by atomic mass is 9.71. The van der Waals surface area contributed by atoms with E-state index in [-0.39, 0.29) is 0 Å². The monoisotopic (exact) mass is 213 g/mol. The molecule has 4 rings (SSSR count). The molecule has 0 spiro atoms. The molecule has 1 aromatic rings. The van der Waals surface area contributed by atoms with Gasteiger partial charge in [0.1, 0.15) is 0 Å². The highest BCUT2D eigenvalue weighted by Crippen LogP contribution is 2.59. The molecule has 1 aromatic carbocycles. The summed E-state index contributed by atoms with van der Waals surface area (Å²) in [5.41, 5.74) is 1.45. The second-order valence-corrected chi connectivity index (χ2v) is 5.88. The Balaban J connectivity index is 1.68. The van der Waals surface area contributed by atoms with Gasteiger partial charge in [0.15, 0.2) is 0 Å². The number of benzene rings is 1. The van der Waals surface area contributed by atoms with Gasteiger partial charge in [-0.2, -0.15) is 0 Å². The molecule has 16 heavy (non-hydrogen) atoms. The van der Waals surface area contributed by atoms with E-state index in [0.717, 1.165) is 29.8 Å². The minimum atomic E-state index is 0.780. The van der Waals surface area contributed by atoms with Gasteiger partial charge in [0.2, 0.25) is 0 Å². The van der Waals surface area contributed by atoms with Crippen molar-refractivity contribution >= 4 is 5.69 Å². The largest absolute Gasteiger partial charge is 0.365 e. The maximum absolute atomic E-state index is 2.69. The van der Waals surface area contributed by atoms with Crippen LogP contribution in [0.5, 0.6) is 0 Å². The Kier molecular flexibility index (Phi) is 1.72. The molecule has 5 atom stereocenters. The van der Waals surface area contributed by atoms with Crippen LogP contribution in [0.25, 0.3) is 0 Å². The van der Waals surface area contributed by atoms with Crippen LogP contribution in [0, 0.1) is 17.8 Å². The molecule has 84 valence electrons. The molecule has 2 saturated carbocycles. The summed E-state index contributed by atoms with van der Waals surface area (Å²) in [5.74, 6) is 3.08. The van der Waals surface area contributed by atoms with Crippen molar-refractivity contribution in [2.24, 2.45) is 17.8 Å². The Labute approximate surface area is 97.5 Å². The second kappa shape index (κ2) is 3.03. The summed E-state index contributed by atoms with van der Waals surface area (Å²) in [5, 5.41) is 0. The minimum Gasteiger partial charge on any atom is -0.365 e. The Morgan fingerprint density at radius 3 is 2.62 bits per heavy atom. The molecular weight excluding hydrogens is 194 g/mol. The maximum atomic E-state index is 2.69. The summed E-state index contributed by atoms with van der Waals surface area (Å²) in [6.07, 6.45) is 4.52. The molecule has 1 heterocycles. The molecule has 1 nitrogen and oxygen atoms in total. The lowest BCUT2D eigenvalue weighted by molar-refractivity contribution is 0.143. The van der Waals surface area contributed by atoms with Crippen LogP contribution in [0.2, 0.25) is 0 Å². The predicted molar refractivity (Wildman–Crippen MR) is 66.5 cm³/mol. The van der Waals surface area contributed by atoms with Gasteiger partial charge in [-0.3, -0.25) is 0 Å². The van der Waals surface area contributed by atoms with Gasteiger partial charge in [0, 0.05) is 23.7 Å². The summed E-state index contributed by atoms with van der Waals surface area (Å²) in [4.78, 5) is 2.69. The van der Waals surface area contributed by atoms with Gasteiger partial charge in [0.25, 0.3) is 0 Å². The molecule has 0 unspecified atom stereocenters. The van der Waals surface area contributed by atoms with Crippen LogP contribution >= 0.6 is 0 Å². The predicted octanol–water partition coefficient (Wildman–Crippen LogP) is 3.31. The first-order valence-electron chi connectivity index (χ1n) is 6.69. The number of rotatable bonds is 1. The smallest absolute Gasteiger partial charge is 0.0371 e. The van der Waals surface area contributed by atoms with Gasteiger partial charge in [-0.15, -0.1) is 0 Å². The normalized spacial score (nSPS) is 44.3. The van der Waals surface area contributed by atoms with Crippen molar-refractivity contribution in [3.8, 4) is 0 Å². The molecule has 0 N–H and O–H groups in total. The zero-order chi connectivity index (χ0) is 10.7. The van der Waals surface area contributed by atoms with E-state index in [9.17, 15) is 0 Å². The van der Waals surface area contributed by atoms with E-state index >= 15 is 0 Å². The van der Waals surface area contributed by atoms with Crippen molar-refractivity contribution in [2.45, 2.75) is 38.3 Å². The van der Waals surface area contributed by atoms with E-state index < -0.39 is 0 Å². The highest BCUT2D eigenvalue weighted by Gasteiger charge is 2.60. The number of hydrogen-bond donors (Lipinski definition) is 0. The van der Waals surface area contributed by atoms with Crippen LogP contribution < -0.4 is 4.90 Å². The zero-order valence-electron chi connectivity index (χ0n) is 9.84. The Morgan fingerprint density at radius 1 is 1.06 bits per heavy atom. The molecule has 0 amide bonds. The average molecular weight is 213 g/mol. The van der Waals surface area contributed by atoms with Crippen molar-refractivity contribution in [1.29, 1.82) is 0 Å². The molecule has 3 fully saturated rings. The maximum Gasteiger partial charge on any atom is 0.0371 e. The van der Waals surface area contributed by atoms with E-state index in [1.54, 1.807) is 0 Å². The molecule has 0 aromatic heterocycles. The topological polar surface area (TPSA) is 3.24 Å². The number of hydrogen-bond acceptors (Lipinski definition) is 1. The quantitative estimate of drug-likeness (QED) is 0.692. The Hall–Kier alpha value is -0.980. The summed E-state index contributed by atoms with van der Waals surface area (Å²) in [6, 6.07) is 12.7. The Bertz CT molecular complexity index is 399. The lowest BCUT2D eigenvalue weighted by Crippen LogP contribution is -2.65. The summed E-state index contributed by atoms with van der Waals surface area (Å²) < 4.78 is 0. The fraction of sp³-hybridized carbons (Fsp3) is 0.600. The number of anilines is 1. The van der Waals surface area contributed by atoms with E-state index in [0.29, 0.717) is 0 Å².